The van der Waals surface area contributed by atoms with E-state index in [1.54, 1.807) is 16.0 Å². The van der Waals surface area contributed by atoms with Crippen molar-refractivity contribution in [3.8, 4) is 0 Å². The molecule has 0 amide bonds. The molecule has 0 aromatic heterocycles. The standard InChI is InChI=1S/C17H22S/c1-17(2,3)16-12-8-4-6-10-14(12)18-15-11-7-5-9-13(15)16/h4,6,8,10,16H,5,7,9,11H2,1-3H3. The molecule has 1 unspecified atom stereocenters. The molecule has 1 aromatic rings. The lowest BCUT2D eigenvalue weighted by Gasteiger charge is -2.40. The quantitative estimate of drug-likeness (QED) is 0.571. The van der Waals surface area contributed by atoms with Gasteiger partial charge in [0.05, 0.1) is 0 Å². The fraction of sp³-hybridized carbons (Fsp3) is 0.529. The van der Waals surface area contributed by atoms with Crippen LogP contribution >= 0.6 is 11.8 Å². The van der Waals surface area contributed by atoms with Crippen LogP contribution < -0.4 is 0 Å². The van der Waals surface area contributed by atoms with E-state index < -0.39 is 0 Å². The first-order valence-corrected chi connectivity index (χ1v) is 7.88. The summed E-state index contributed by atoms with van der Waals surface area (Å²) in [5.74, 6) is 0.630. The maximum absolute atomic E-state index is 2.39. The Labute approximate surface area is 115 Å². The topological polar surface area (TPSA) is 0 Å². The van der Waals surface area contributed by atoms with Gasteiger partial charge in [0.15, 0.2) is 0 Å². The van der Waals surface area contributed by atoms with Gasteiger partial charge < -0.3 is 0 Å². The molecule has 2 aliphatic rings. The molecule has 96 valence electrons. The minimum absolute atomic E-state index is 0.328. The van der Waals surface area contributed by atoms with Crippen molar-refractivity contribution in [1.82, 2.24) is 0 Å². The molecule has 0 fully saturated rings. The first kappa shape index (κ1) is 12.3. The van der Waals surface area contributed by atoms with Crippen LogP contribution in [0.1, 0.15) is 57.9 Å². The van der Waals surface area contributed by atoms with Gasteiger partial charge >= 0.3 is 0 Å². The van der Waals surface area contributed by atoms with Crippen molar-refractivity contribution in [1.29, 1.82) is 0 Å². The predicted molar refractivity (Wildman–Crippen MR) is 80.0 cm³/mol. The second kappa shape index (κ2) is 4.45. The van der Waals surface area contributed by atoms with Gasteiger partial charge in [-0.15, -0.1) is 0 Å². The monoisotopic (exact) mass is 258 g/mol. The van der Waals surface area contributed by atoms with Gasteiger partial charge in [0.25, 0.3) is 0 Å². The van der Waals surface area contributed by atoms with Crippen LogP contribution in [0.3, 0.4) is 0 Å². The van der Waals surface area contributed by atoms with Gasteiger partial charge in [-0.3, -0.25) is 0 Å². The summed E-state index contributed by atoms with van der Waals surface area (Å²) in [5, 5.41) is 0. The van der Waals surface area contributed by atoms with E-state index in [9.17, 15) is 0 Å². The molecule has 1 atom stereocenters. The van der Waals surface area contributed by atoms with Crippen LogP contribution in [0.5, 0.6) is 0 Å². The second-order valence-corrected chi connectivity index (χ2v) is 7.73. The Kier molecular flexibility index (Phi) is 3.05. The van der Waals surface area contributed by atoms with Gasteiger partial charge in [-0.2, -0.15) is 0 Å². The van der Waals surface area contributed by atoms with Crippen molar-refractivity contribution in [3.63, 3.8) is 0 Å². The Bertz CT molecular complexity index is 491. The van der Waals surface area contributed by atoms with Gasteiger partial charge in [0, 0.05) is 10.8 Å². The van der Waals surface area contributed by atoms with Crippen LogP contribution in [-0.2, 0) is 0 Å². The van der Waals surface area contributed by atoms with E-state index >= 15 is 0 Å². The molecule has 1 aromatic carbocycles. The highest BCUT2D eigenvalue weighted by molar-refractivity contribution is 8.03. The fourth-order valence-electron chi connectivity index (χ4n) is 3.44. The number of rotatable bonds is 0. The number of benzene rings is 1. The average Bonchev–Trinajstić information content (AvgIpc) is 2.34. The molecule has 1 heterocycles. The van der Waals surface area contributed by atoms with E-state index in [2.05, 4.69) is 45.0 Å². The average molecular weight is 258 g/mol. The van der Waals surface area contributed by atoms with Crippen LogP contribution in [0.25, 0.3) is 0 Å². The highest BCUT2D eigenvalue weighted by atomic mass is 32.2. The molecule has 0 spiro atoms. The normalized spacial score (nSPS) is 23.6. The molecular weight excluding hydrogens is 236 g/mol. The molecule has 0 radical (unpaired) electrons. The highest BCUT2D eigenvalue weighted by Crippen LogP contribution is 2.55. The summed E-state index contributed by atoms with van der Waals surface area (Å²) in [5.41, 5.74) is 3.64. The zero-order valence-corrected chi connectivity index (χ0v) is 12.4. The van der Waals surface area contributed by atoms with Crippen LogP contribution in [0.15, 0.2) is 39.6 Å². The van der Waals surface area contributed by atoms with E-state index in [0.29, 0.717) is 11.3 Å². The van der Waals surface area contributed by atoms with Crippen LogP contribution in [0.4, 0.5) is 0 Å². The summed E-state index contributed by atoms with van der Waals surface area (Å²) in [6.07, 6.45) is 5.39. The predicted octanol–water partition coefficient (Wildman–Crippen LogP) is 5.75. The van der Waals surface area contributed by atoms with E-state index in [-0.39, 0.29) is 0 Å². The summed E-state index contributed by atoms with van der Waals surface area (Å²) >= 11 is 2.04. The minimum Gasteiger partial charge on any atom is -0.0943 e. The van der Waals surface area contributed by atoms with Gasteiger partial charge in [-0.1, -0.05) is 56.3 Å². The molecule has 0 bridgehead atoms. The van der Waals surface area contributed by atoms with E-state index in [0.717, 1.165) is 0 Å². The van der Waals surface area contributed by atoms with E-state index in [1.165, 1.54) is 30.6 Å². The van der Waals surface area contributed by atoms with E-state index in [4.69, 9.17) is 0 Å². The van der Waals surface area contributed by atoms with Crippen molar-refractivity contribution < 1.29 is 0 Å². The zero-order chi connectivity index (χ0) is 12.8. The number of fused-ring (bicyclic) bond motifs is 1. The van der Waals surface area contributed by atoms with Gasteiger partial charge in [0.1, 0.15) is 0 Å². The summed E-state index contributed by atoms with van der Waals surface area (Å²) in [6.45, 7) is 7.18. The summed E-state index contributed by atoms with van der Waals surface area (Å²) < 4.78 is 0. The molecule has 0 saturated heterocycles. The fourth-order valence-corrected chi connectivity index (χ4v) is 4.76. The molecule has 1 aliphatic heterocycles. The lowest BCUT2D eigenvalue weighted by Crippen LogP contribution is -2.25. The third-order valence-corrected chi connectivity index (χ3v) is 5.44. The number of hydrogen-bond donors (Lipinski definition) is 0. The molecular formula is C17H22S. The molecule has 18 heavy (non-hydrogen) atoms. The molecule has 0 saturated carbocycles. The molecule has 1 heteroatoms. The largest absolute Gasteiger partial charge is 0.0943 e. The number of allylic oxidation sites excluding steroid dienone is 2. The number of hydrogen-bond acceptors (Lipinski definition) is 1. The molecule has 0 nitrogen and oxygen atoms in total. The smallest absolute Gasteiger partial charge is 0.0157 e. The Hall–Kier alpha value is -0.690. The maximum atomic E-state index is 2.39. The Morgan fingerprint density at radius 1 is 1.06 bits per heavy atom. The van der Waals surface area contributed by atoms with Crippen molar-refractivity contribution in [2.75, 3.05) is 0 Å². The Morgan fingerprint density at radius 3 is 2.56 bits per heavy atom. The van der Waals surface area contributed by atoms with Crippen LogP contribution in [-0.4, -0.2) is 0 Å². The maximum Gasteiger partial charge on any atom is 0.0157 e. The van der Waals surface area contributed by atoms with Crippen molar-refractivity contribution in [3.05, 3.63) is 40.3 Å². The van der Waals surface area contributed by atoms with Crippen molar-refractivity contribution in [2.45, 2.75) is 57.3 Å². The highest BCUT2D eigenvalue weighted by Gasteiger charge is 2.36. The Balaban J connectivity index is 2.14. The molecule has 0 N–H and O–H groups in total. The zero-order valence-electron chi connectivity index (χ0n) is 11.6. The minimum atomic E-state index is 0.328. The first-order valence-electron chi connectivity index (χ1n) is 7.06. The SMILES string of the molecule is CC(C)(C)C1C2=C(CCCC2)Sc2ccccc21. The third-order valence-electron chi connectivity index (χ3n) is 4.14. The van der Waals surface area contributed by atoms with Gasteiger partial charge in [0.2, 0.25) is 0 Å². The van der Waals surface area contributed by atoms with Crippen LogP contribution in [0.2, 0.25) is 0 Å². The summed E-state index contributed by atoms with van der Waals surface area (Å²) in [4.78, 5) is 3.18. The molecule has 1 aliphatic carbocycles. The number of thioether (sulfide) groups is 1. The van der Waals surface area contributed by atoms with Crippen LogP contribution in [0, 0.1) is 5.41 Å². The second-order valence-electron chi connectivity index (χ2n) is 6.59. The third kappa shape index (κ3) is 2.03. The molecule has 3 rings (SSSR count). The summed E-state index contributed by atoms with van der Waals surface area (Å²) in [7, 11) is 0. The van der Waals surface area contributed by atoms with Crippen molar-refractivity contribution in [2.24, 2.45) is 5.41 Å². The first-order chi connectivity index (χ1) is 8.57. The van der Waals surface area contributed by atoms with Crippen molar-refractivity contribution >= 4 is 11.8 Å². The summed E-state index contributed by atoms with van der Waals surface area (Å²) in [6, 6.07) is 9.03. The van der Waals surface area contributed by atoms with Gasteiger partial charge in [-0.25, -0.2) is 0 Å². The van der Waals surface area contributed by atoms with E-state index in [1.807, 2.05) is 11.8 Å². The lowest BCUT2D eigenvalue weighted by atomic mass is 9.69. The van der Waals surface area contributed by atoms with Gasteiger partial charge in [-0.05, 0) is 47.6 Å². The lowest BCUT2D eigenvalue weighted by molar-refractivity contribution is 0.338. The Morgan fingerprint density at radius 2 is 1.78 bits per heavy atom.